The summed E-state index contributed by atoms with van der Waals surface area (Å²) in [4.78, 5) is 13.1. The Balaban J connectivity index is 0.00000363. The van der Waals surface area contributed by atoms with E-state index in [0.717, 1.165) is 23.9 Å². The van der Waals surface area contributed by atoms with E-state index in [1.165, 1.54) is 35.8 Å². The van der Waals surface area contributed by atoms with E-state index in [9.17, 15) is 26.4 Å². The molecule has 1 saturated heterocycles. The maximum Gasteiger partial charge on any atom is 0.416 e. The van der Waals surface area contributed by atoms with Crippen molar-refractivity contribution in [3.05, 3.63) is 48.0 Å². The first-order chi connectivity index (χ1) is 14.5. The normalized spacial score (nSPS) is 16.1. The fourth-order valence-corrected chi connectivity index (χ4v) is 6.06. The minimum Gasteiger partial charge on any atom is -0.398 e. The van der Waals surface area contributed by atoms with Crippen molar-refractivity contribution in [2.75, 3.05) is 18.9 Å². The molecule has 1 fully saturated rings. The van der Waals surface area contributed by atoms with Gasteiger partial charge in [0, 0.05) is 28.7 Å². The first-order valence-corrected chi connectivity index (χ1v) is 11.3. The number of ether oxygens (including phenoxy) is 1. The molecular formula is C19H20ClF3N2O5S2. The van der Waals surface area contributed by atoms with Crippen molar-refractivity contribution in [3.8, 4) is 0 Å². The molecule has 0 atom stereocenters. The van der Waals surface area contributed by atoms with Crippen molar-refractivity contribution in [3.63, 3.8) is 0 Å². The highest BCUT2D eigenvalue weighted by molar-refractivity contribution is 7.99. The highest BCUT2D eigenvalue weighted by Crippen LogP contribution is 2.39. The van der Waals surface area contributed by atoms with Crippen LogP contribution < -0.4 is 11.2 Å². The predicted molar refractivity (Wildman–Crippen MR) is 114 cm³/mol. The summed E-state index contributed by atoms with van der Waals surface area (Å²) >= 11 is 1.07. The average Bonchev–Trinajstić information content (AvgIpc) is 2.74. The van der Waals surface area contributed by atoms with Crippen LogP contribution in [0.15, 0.2) is 57.2 Å². The van der Waals surface area contributed by atoms with Gasteiger partial charge >= 0.3 is 6.18 Å². The number of carbonyl (C=O) groups excluding carboxylic acids is 1. The SMILES string of the molecule is Cl.Nc1cc(C(F)(F)F)ccc1Sc1ccc(S(=O)(=O)C2(C(=O)NO)CCOCC2)cc1. The molecular weight excluding hydrogens is 493 g/mol. The number of nitrogen functional groups attached to an aromatic ring is 1. The molecule has 0 bridgehead atoms. The number of nitrogens with one attached hydrogen (secondary N) is 1. The van der Waals surface area contributed by atoms with Crippen molar-refractivity contribution in [1.82, 2.24) is 5.48 Å². The number of anilines is 1. The molecule has 0 saturated carbocycles. The number of carbonyl (C=O) groups is 1. The van der Waals surface area contributed by atoms with Crippen molar-refractivity contribution in [1.29, 1.82) is 0 Å². The number of rotatable bonds is 5. The van der Waals surface area contributed by atoms with E-state index in [2.05, 4.69) is 0 Å². The average molecular weight is 513 g/mol. The molecule has 7 nitrogen and oxygen atoms in total. The van der Waals surface area contributed by atoms with Gasteiger partial charge in [0.1, 0.15) is 0 Å². The molecule has 0 spiro atoms. The number of hydroxylamine groups is 1. The lowest BCUT2D eigenvalue weighted by molar-refractivity contribution is -0.137. The van der Waals surface area contributed by atoms with Crippen LogP contribution in [0.25, 0.3) is 0 Å². The molecule has 0 radical (unpaired) electrons. The number of nitrogens with two attached hydrogens (primary N) is 1. The number of sulfone groups is 1. The van der Waals surface area contributed by atoms with Crippen LogP contribution in [0, 0.1) is 0 Å². The van der Waals surface area contributed by atoms with Crippen LogP contribution in [0.2, 0.25) is 0 Å². The molecule has 176 valence electrons. The number of halogens is 4. The van der Waals surface area contributed by atoms with Gasteiger partial charge in [-0.3, -0.25) is 10.0 Å². The predicted octanol–water partition coefficient (Wildman–Crippen LogP) is 3.69. The zero-order chi connectivity index (χ0) is 22.9. The minimum absolute atomic E-state index is 0. The Morgan fingerprint density at radius 1 is 1.12 bits per heavy atom. The molecule has 1 amide bonds. The van der Waals surface area contributed by atoms with Crippen LogP contribution in [-0.4, -0.2) is 37.5 Å². The zero-order valence-electron chi connectivity index (χ0n) is 16.4. The van der Waals surface area contributed by atoms with E-state index < -0.39 is 32.2 Å². The van der Waals surface area contributed by atoms with Gasteiger partial charge in [-0.25, -0.2) is 13.9 Å². The second-order valence-corrected chi connectivity index (χ2v) is 10.2. The fourth-order valence-electron chi connectivity index (χ4n) is 3.28. The standard InChI is InChI=1S/C19H19F3N2O5S2.ClH/c20-19(21,22)12-1-6-16(15(23)11-12)30-13-2-4-14(5-3-13)31(27,28)18(17(25)24-26)7-9-29-10-8-18;/h1-6,11,26H,7-10,23H2,(H,24,25);1H. The highest BCUT2D eigenvalue weighted by atomic mass is 35.5. The Kier molecular flexibility index (Phi) is 8.10. The Labute approximate surface area is 192 Å². The minimum atomic E-state index is -4.51. The van der Waals surface area contributed by atoms with Crippen LogP contribution in [0.3, 0.4) is 0 Å². The van der Waals surface area contributed by atoms with Gasteiger partial charge in [0.15, 0.2) is 14.6 Å². The van der Waals surface area contributed by atoms with Crippen LogP contribution in [0.1, 0.15) is 18.4 Å². The van der Waals surface area contributed by atoms with E-state index >= 15 is 0 Å². The Morgan fingerprint density at radius 3 is 2.22 bits per heavy atom. The summed E-state index contributed by atoms with van der Waals surface area (Å²) in [6.45, 7) is 0.0988. The van der Waals surface area contributed by atoms with E-state index in [-0.39, 0.29) is 49.0 Å². The van der Waals surface area contributed by atoms with E-state index in [4.69, 9.17) is 15.7 Å². The summed E-state index contributed by atoms with van der Waals surface area (Å²) < 4.78 is 68.1. The maximum absolute atomic E-state index is 13.2. The Bertz CT molecular complexity index is 1070. The van der Waals surface area contributed by atoms with Crippen LogP contribution in [-0.2, 0) is 25.5 Å². The van der Waals surface area contributed by atoms with Crippen molar-refractivity contribution in [2.24, 2.45) is 0 Å². The highest BCUT2D eigenvalue weighted by Gasteiger charge is 2.52. The van der Waals surface area contributed by atoms with E-state index in [1.807, 2.05) is 0 Å². The summed E-state index contributed by atoms with van der Waals surface area (Å²) in [5.74, 6) is -1.02. The lowest BCUT2D eigenvalue weighted by Crippen LogP contribution is -2.54. The second-order valence-electron chi connectivity index (χ2n) is 6.87. The molecule has 1 heterocycles. The Hall–Kier alpha value is -1.99. The summed E-state index contributed by atoms with van der Waals surface area (Å²) in [7, 11) is -4.17. The van der Waals surface area contributed by atoms with Crippen molar-refractivity contribution >= 4 is 45.6 Å². The summed E-state index contributed by atoms with van der Waals surface area (Å²) in [6.07, 6.45) is -4.73. The third kappa shape index (κ3) is 4.99. The lowest BCUT2D eigenvalue weighted by Gasteiger charge is -2.34. The number of benzene rings is 2. The zero-order valence-corrected chi connectivity index (χ0v) is 18.8. The van der Waals surface area contributed by atoms with E-state index in [1.54, 1.807) is 0 Å². The molecule has 2 aromatic carbocycles. The maximum atomic E-state index is 13.2. The molecule has 32 heavy (non-hydrogen) atoms. The number of amides is 1. The topological polar surface area (TPSA) is 119 Å². The quantitative estimate of drug-likeness (QED) is 0.317. The van der Waals surface area contributed by atoms with Gasteiger partial charge in [0.25, 0.3) is 5.91 Å². The molecule has 13 heteroatoms. The van der Waals surface area contributed by atoms with Gasteiger partial charge in [-0.15, -0.1) is 12.4 Å². The van der Waals surface area contributed by atoms with Crippen LogP contribution in [0.5, 0.6) is 0 Å². The van der Waals surface area contributed by atoms with Gasteiger partial charge < -0.3 is 10.5 Å². The van der Waals surface area contributed by atoms with Crippen molar-refractivity contribution < 1.29 is 36.3 Å². The third-order valence-electron chi connectivity index (χ3n) is 5.03. The smallest absolute Gasteiger partial charge is 0.398 e. The van der Waals surface area contributed by atoms with Gasteiger partial charge in [-0.2, -0.15) is 13.2 Å². The molecule has 0 aromatic heterocycles. The lowest BCUT2D eigenvalue weighted by atomic mass is 9.98. The number of alkyl halides is 3. The van der Waals surface area contributed by atoms with Gasteiger partial charge in [-0.1, -0.05) is 11.8 Å². The number of hydrogen-bond acceptors (Lipinski definition) is 7. The second kappa shape index (κ2) is 9.87. The first-order valence-electron chi connectivity index (χ1n) is 9.03. The molecule has 0 unspecified atom stereocenters. The van der Waals surface area contributed by atoms with Gasteiger partial charge in [-0.05, 0) is 55.3 Å². The van der Waals surface area contributed by atoms with Gasteiger partial charge in [0.2, 0.25) is 0 Å². The summed E-state index contributed by atoms with van der Waals surface area (Å²) in [5.41, 5.74) is 6.26. The summed E-state index contributed by atoms with van der Waals surface area (Å²) in [6, 6.07) is 8.55. The molecule has 1 aliphatic heterocycles. The fraction of sp³-hybridized carbons (Fsp3) is 0.316. The Morgan fingerprint density at radius 2 is 1.72 bits per heavy atom. The monoisotopic (exact) mass is 512 g/mol. The largest absolute Gasteiger partial charge is 0.416 e. The summed E-state index contributed by atoms with van der Waals surface area (Å²) in [5, 5.41) is 9.08. The first kappa shape index (κ1) is 26.3. The van der Waals surface area contributed by atoms with Crippen LogP contribution in [0.4, 0.5) is 18.9 Å². The molecule has 4 N–H and O–H groups in total. The number of hydrogen-bond donors (Lipinski definition) is 3. The molecule has 3 rings (SSSR count). The van der Waals surface area contributed by atoms with Crippen LogP contribution >= 0.6 is 24.2 Å². The third-order valence-corrected chi connectivity index (χ3v) is 8.64. The molecule has 2 aromatic rings. The molecule has 1 aliphatic rings. The van der Waals surface area contributed by atoms with Crippen molar-refractivity contribution in [2.45, 2.75) is 38.5 Å². The van der Waals surface area contributed by atoms with Gasteiger partial charge in [0.05, 0.1) is 10.5 Å². The van der Waals surface area contributed by atoms with E-state index in [0.29, 0.717) is 9.79 Å². The molecule has 0 aliphatic carbocycles.